The molecule has 0 saturated carbocycles. The van der Waals surface area contributed by atoms with E-state index in [4.69, 9.17) is 5.73 Å². The fraction of sp³-hybridized carbons (Fsp3) is 0.333. The van der Waals surface area contributed by atoms with E-state index in [-0.39, 0.29) is 5.69 Å². The van der Waals surface area contributed by atoms with Crippen molar-refractivity contribution in [3.63, 3.8) is 0 Å². The molecule has 0 aliphatic carbocycles. The Labute approximate surface area is 110 Å². The monoisotopic (exact) mass is 261 g/mol. The van der Waals surface area contributed by atoms with Crippen LogP contribution in [0.15, 0.2) is 24.3 Å². The highest BCUT2D eigenvalue weighted by Crippen LogP contribution is 2.14. The van der Waals surface area contributed by atoms with E-state index < -0.39 is 4.92 Å². The average molecular weight is 261 g/mol. The predicted molar refractivity (Wildman–Crippen MR) is 69.5 cm³/mol. The summed E-state index contributed by atoms with van der Waals surface area (Å²) in [6.45, 7) is 2.92. The third kappa shape index (κ3) is 2.76. The van der Waals surface area contributed by atoms with Crippen molar-refractivity contribution < 1.29 is 4.92 Å². The maximum Gasteiger partial charge on any atom is 0.269 e. The lowest BCUT2D eigenvalue weighted by atomic mass is 10.2. The summed E-state index contributed by atoms with van der Waals surface area (Å²) in [5.41, 5.74) is 8.41. The highest BCUT2D eigenvalue weighted by atomic mass is 16.6. The smallest absolute Gasteiger partial charge is 0.269 e. The Balaban J connectivity index is 2.21. The molecule has 100 valence electrons. The second kappa shape index (κ2) is 5.57. The topological polar surface area (TPSA) is 99.9 Å². The van der Waals surface area contributed by atoms with Crippen LogP contribution in [0.1, 0.15) is 23.9 Å². The normalized spacial score (nSPS) is 10.6. The van der Waals surface area contributed by atoms with Crippen LogP contribution in [-0.4, -0.2) is 19.9 Å². The van der Waals surface area contributed by atoms with E-state index in [1.54, 1.807) is 16.8 Å². The first kappa shape index (κ1) is 13.2. The zero-order valence-electron chi connectivity index (χ0n) is 10.6. The molecule has 0 bridgehead atoms. The van der Waals surface area contributed by atoms with Crippen molar-refractivity contribution in [3.8, 4) is 0 Å². The Bertz CT molecular complexity index is 576. The first-order valence-corrected chi connectivity index (χ1v) is 6.00. The molecule has 7 heteroatoms. The van der Waals surface area contributed by atoms with Gasteiger partial charge < -0.3 is 5.73 Å². The maximum absolute atomic E-state index is 10.6. The molecule has 0 atom stereocenters. The molecule has 19 heavy (non-hydrogen) atoms. The molecule has 0 unspecified atom stereocenters. The minimum absolute atomic E-state index is 0.0840. The van der Waals surface area contributed by atoms with E-state index in [2.05, 4.69) is 10.3 Å². The number of hydrogen-bond acceptors (Lipinski definition) is 5. The van der Waals surface area contributed by atoms with Crippen LogP contribution in [0, 0.1) is 10.1 Å². The van der Waals surface area contributed by atoms with Gasteiger partial charge in [-0.2, -0.15) is 0 Å². The minimum Gasteiger partial charge on any atom is -0.325 e. The van der Waals surface area contributed by atoms with Crippen molar-refractivity contribution in [2.45, 2.75) is 26.4 Å². The van der Waals surface area contributed by atoms with E-state index in [0.717, 1.165) is 23.4 Å². The quantitative estimate of drug-likeness (QED) is 0.645. The van der Waals surface area contributed by atoms with Gasteiger partial charge in [0.2, 0.25) is 0 Å². The Kier molecular flexibility index (Phi) is 3.86. The molecule has 0 radical (unpaired) electrons. The van der Waals surface area contributed by atoms with Crippen LogP contribution in [0.3, 0.4) is 0 Å². The van der Waals surface area contributed by atoms with Crippen LogP contribution >= 0.6 is 0 Å². The average Bonchev–Trinajstić information content (AvgIpc) is 2.81. The van der Waals surface area contributed by atoms with Crippen molar-refractivity contribution in [1.82, 2.24) is 15.0 Å². The number of nitrogens with two attached hydrogens (primary N) is 1. The molecule has 0 aliphatic rings. The van der Waals surface area contributed by atoms with Gasteiger partial charge in [-0.15, -0.1) is 5.10 Å². The van der Waals surface area contributed by atoms with Crippen molar-refractivity contribution in [3.05, 3.63) is 51.3 Å². The van der Waals surface area contributed by atoms with Gasteiger partial charge in [-0.05, 0) is 12.0 Å². The number of rotatable bonds is 5. The van der Waals surface area contributed by atoms with E-state index in [1.165, 1.54) is 12.1 Å². The molecule has 0 fully saturated rings. The number of hydrogen-bond donors (Lipinski definition) is 1. The Morgan fingerprint density at radius 3 is 2.58 bits per heavy atom. The van der Waals surface area contributed by atoms with E-state index in [0.29, 0.717) is 13.1 Å². The zero-order chi connectivity index (χ0) is 13.8. The van der Waals surface area contributed by atoms with Crippen molar-refractivity contribution in [1.29, 1.82) is 0 Å². The largest absolute Gasteiger partial charge is 0.325 e. The molecule has 0 spiro atoms. The number of benzene rings is 1. The lowest BCUT2D eigenvalue weighted by molar-refractivity contribution is -0.384. The zero-order valence-corrected chi connectivity index (χ0v) is 10.6. The lowest BCUT2D eigenvalue weighted by Crippen LogP contribution is -2.08. The second-order valence-corrected chi connectivity index (χ2v) is 4.12. The van der Waals surface area contributed by atoms with Crippen molar-refractivity contribution >= 4 is 5.69 Å². The van der Waals surface area contributed by atoms with Gasteiger partial charge in [0.15, 0.2) is 0 Å². The summed E-state index contributed by atoms with van der Waals surface area (Å²) in [5, 5.41) is 18.7. The molecule has 1 aromatic carbocycles. The molecule has 2 rings (SSSR count). The Hall–Kier alpha value is -2.28. The molecule has 1 heterocycles. The number of non-ortho nitro benzene ring substituents is 1. The third-order valence-electron chi connectivity index (χ3n) is 2.93. The molecule has 7 nitrogen and oxygen atoms in total. The number of nitro benzene ring substituents is 1. The molecular formula is C12H15N5O2. The predicted octanol–water partition coefficient (Wildman–Crippen LogP) is 1.26. The number of nitro groups is 1. The highest BCUT2D eigenvalue weighted by molar-refractivity contribution is 5.33. The molecule has 1 aromatic heterocycles. The molecule has 0 amide bonds. The Morgan fingerprint density at radius 2 is 2.05 bits per heavy atom. The first-order valence-electron chi connectivity index (χ1n) is 6.00. The van der Waals surface area contributed by atoms with Gasteiger partial charge in [0.1, 0.15) is 0 Å². The van der Waals surface area contributed by atoms with Gasteiger partial charge in [0.25, 0.3) is 5.69 Å². The van der Waals surface area contributed by atoms with Gasteiger partial charge in [0, 0.05) is 18.7 Å². The van der Waals surface area contributed by atoms with Gasteiger partial charge >= 0.3 is 0 Å². The molecule has 0 saturated heterocycles. The summed E-state index contributed by atoms with van der Waals surface area (Å²) in [6.07, 6.45) is 0.798. The summed E-state index contributed by atoms with van der Waals surface area (Å²) >= 11 is 0. The standard InChI is InChI=1S/C12H15N5O2/c1-2-12-11(7-13)14-15-16(12)8-9-3-5-10(6-4-9)17(18)19/h3-6H,2,7-8,13H2,1H3. The second-order valence-electron chi connectivity index (χ2n) is 4.12. The van der Waals surface area contributed by atoms with Gasteiger partial charge in [-0.1, -0.05) is 24.3 Å². The molecular weight excluding hydrogens is 246 g/mol. The van der Waals surface area contributed by atoms with Crippen LogP contribution in [0.4, 0.5) is 5.69 Å². The van der Waals surface area contributed by atoms with Crippen LogP contribution in [-0.2, 0) is 19.5 Å². The lowest BCUT2D eigenvalue weighted by Gasteiger charge is -2.05. The van der Waals surface area contributed by atoms with Gasteiger partial charge in [-0.3, -0.25) is 10.1 Å². The summed E-state index contributed by atoms with van der Waals surface area (Å²) in [7, 11) is 0. The highest BCUT2D eigenvalue weighted by Gasteiger charge is 2.10. The third-order valence-corrected chi connectivity index (χ3v) is 2.93. The fourth-order valence-corrected chi connectivity index (χ4v) is 1.94. The SMILES string of the molecule is CCc1c(CN)nnn1Cc1ccc([N+](=O)[O-])cc1. The van der Waals surface area contributed by atoms with Crippen molar-refractivity contribution in [2.24, 2.45) is 5.73 Å². The molecule has 2 aromatic rings. The summed E-state index contributed by atoms with van der Waals surface area (Å²) in [4.78, 5) is 10.2. The molecule has 2 N–H and O–H groups in total. The first-order chi connectivity index (χ1) is 9.15. The van der Waals surface area contributed by atoms with E-state index in [9.17, 15) is 10.1 Å². The van der Waals surface area contributed by atoms with Crippen LogP contribution in [0.25, 0.3) is 0 Å². The number of nitrogens with zero attached hydrogens (tertiary/aromatic N) is 4. The van der Waals surface area contributed by atoms with Gasteiger partial charge in [0.05, 0.1) is 22.9 Å². The van der Waals surface area contributed by atoms with Crippen LogP contribution in [0.5, 0.6) is 0 Å². The van der Waals surface area contributed by atoms with E-state index >= 15 is 0 Å². The summed E-state index contributed by atoms with van der Waals surface area (Å²) in [5.74, 6) is 0. The van der Waals surface area contributed by atoms with Crippen LogP contribution in [0.2, 0.25) is 0 Å². The summed E-state index contributed by atoms with van der Waals surface area (Å²) < 4.78 is 1.78. The number of aromatic nitrogens is 3. The fourth-order valence-electron chi connectivity index (χ4n) is 1.94. The summed E-state index contributed by atoms with van der Waals surface area (Å²) in [6, 6.07) is 6.42. The minimum atomic E-state index is -0.413. The van der Waals surface area contributed by atoms with E-state index in [1.807, 2.05) is 6.92 Å². The Morgan fingerprint density at radius 1 is 1.37 bits per heavy atom. The van der Waals surface area contributed by atoms with Crippen molar-refractivity contribution in [2.75, 3.05) is 0 Å². The van der Waals surface area contributed by atoms with Gasteiger partial charge in [-0.25, -0.2) is 4.68 Å². The van der Waals surface area contributed by atoms with Crippen LogP contribution < -0.4 is 5.73 Å². The molecule has 0 aliphatic heterocycles. The maximum atomic E-state index is 10.6.